The lowest BCUT2D eigenvalue weighted by Gasteiger charge is -2.05. The first-order valence-corrected chi connectivity index (χ1v) is 6.25. The number of carbonyl (C=O) groups is 1. The second kappa shape index (κ2) is 4.69. The lowest BCUT2D eigenvalue weighted by molar-refractivity contribution is 0.0520. The minimum atomic E-state index is -0.377. The smallest absolute Gasteiger partial charge is 0.356 e. The number of hydrogen-bond donors (Lipinski definition) is 0. The topological polar surface area (TPSA) is 39.2 Å². The maximum absolute atomic E-state index is 11.7. The number of carbonyl (C=O) groups excluding carboxylic acids is 1. The van der Waals surface area contributed by atoms with Crippen molar-refractivity contribution in [3.05, 3.63) is 54.2 Å². The van der Waals surface area contributed by atoms with E-state index < -0.39 is 0 Å². The van der Waals surface area contributed by atoms with Crippen LogP contribution in [0.25, 0.3) is 21.7 Å². The fraction of sp³-hybridized carbons (Fsp3) is 0.125. The molecule has 0 aliphatic heterocycles. The van der Waals surface area contributed by atoms with E-state index in [2.05, 4.69) is 11.1 Å². The molecule has 2 aromatic carbocycles. The third-order valence-electron chi connectivity index (χ3n) is 3.07. The van der Waals surface area contributed by atoms with Crippen LogP contribution in [0.15, 0.2) is 48.5 Å². The van der Waals surface area contributed by atoms with E-state index in [9.17, 15) is 4.79 Å². The lowest BCUT2D eigenvalue weighted by atomic mass is 10.1. The molecule has 3 nitrogen and oxygen atoms in total. The fourth-order valence-corrected chi connectivity index (χ4v) is 2.18. The largest absolute Gasteiger partial charge is 0.461 e. The van der Waals surface area contributed by atoms with Crippen LogP contribution in [0, 0.1) is 0 Å². The Bertz CT molecular complexity index is 765. The third-order valence-corrected chi connectivity index (χ3v) is 3.07. The van der Waals surface area contributed by atoms with Gasteiger partial charge in [-0.2, -0.15) is 0 Å². The van der Waals surface area contributed by atoms with Crippen molar-refractivity contribution in [1.29, 1.82) is 0 Å². The summed E-state index contributed by atoms with van der Waals surface area (Å²) < 4.78 is 4.99. The summed E-state index contributed by atoms with van der Waals surface area (Å²) in [4.78, 5) is 16.2. The Labute approximate surface area is 110 Å². The highest BCUT2D eigenvalue weighted by atomic mass is 16.5. The van der Waals surface area contributed by atoms with Crippen LogP contribution in [0.5, 0.6) is 0 Å². The number of benzene rings is 2. The summed E-state index contributed by atoms with van der Waals surface area (Å²) in [6.07, 6.45) is 0. The molecule has 0 saturated carbocycles. The third kappa shape index (κ3) is 2.03. The van der Waals surface area contributed by atoms with E-state index >= 15 is 0 Å². The van der Waals surface area contributed by atoms with Gasteiger partial charge in [0.15, 0.2) is 0 Å². The van der Waals surface area contributed by atoms with Gasteiger partial charge in [0.1, 0.15) is 5.69 Å². The van der Waals surface area contributed by atoms with E-state index in [1.807, 2.05) is 36.4 Å². The molecule has 19 heavy (non-hydrogen) atoms. The number of pyridine rings is 1. The van der Waals surface area contributed by atoms with Crippen molar-refractivity contribution in [2.75, 3.05) is 6.61 Å². The fourth-order valence-electron chi connectivity index (χ4n) is 2.18. The summed E-state index contributed by atoms with van der Waals surface area (Å²) >= 11 is 0. The van der Waals surface area contributed by atoms with Crippen LogP contribution in [0.3, 0.4) is 0 Å². The van der Waals surface area contributed by atoms with Gasteiger partial charge >= 0.3 is 5.97 Å². The normalized spacial score (nSPS) is 10.8. The molecule has 0 aliphatic carbocycles. The first kappa shape index (κ1) is 11.7. The molecule has 0 unspecified atom stereocenters. The predicted molar refractivity (Wildman–Crippen MR) is 75.2 cm³/mol. The van der Waals surface area contributed by atoms with Gasteiger partial charge in [-0.25, -0.2) is 9.78 Å². The number of fused-ring (bicyclic) bond motifs is 3. The van der Waals surface area contributed by atoms with Crippen molar-refractivity contribution < 1.29 is 9.53 Å². The van der Waals surface area contributed by atoms with Gasteiger partial charge in [-0.3, -0.25) is 0 Å². The standard InChI is InChI=1S/C16H13NO2/c1-2-19-16(18)14-10-9-12-8-7-11-5-3-4-6-13(11)15(12)17-14/h3-10H,2H2,1H3. The number of nitrogens with zero attached hydrogens (tertiary/aromatic N) is 1. The summed E-state index contributed by atoms with van der Waals surface area (Å²) in [6.45, 7) is 2.14. The van der Waals surface area contributed by atoms with Crippen LogP contribution in [-0.4, -0.2) is 17.6 Å². The molecule has 1 heterocycles. The molecule has 0 radical (unpaired) electrons. The lowest BCUT2D eigenvalue weighted by Crippen LogP contribution is -2.06. The van der Waals surface area contributed by atoms with Crippen molar-refractivity contribution in [2.24, 2.45) is 0 Å². The monoisotopic (exact) mass is 251 g/mol. The van der Waals surface area contributed by atoms with Gasteiger partial charge in [0.05, 0.1) is 12.1 Å². The molecule has 3 rings (SSSR count). The molecule has 0 amide bonds. The van der Waals surface area contributed by atoms with Crippen LogP contribution in [0.1, 0.15) is 17.4 Å². The van der Waals surface area contributed by atoms with Crippen molar-refractivity contribution in [3.8, 4) is 0 Å². The first-order valence-electron chi connectivity index (χ1n) is 6.25. The van der Waals surface area contributed by atoms with Crippen molar-refractivity contribution in [2.45, 2.75) is 6.92 Å². The summed E-state index contributed by atoms with van der Waals surface area (Å²) in [6, 6.07) is 15.7. The molecule has 0 N–H and O–H groups in total. The van der Waals surface area contributed by atoms with Gasteiger partial charge in [-0.15, -0.1) is 0 Å². The van der Waals surface area contributed by atoms with Gasteiger partial charge in [0.25, 0.3) is 0 Å². The molecule has 0 fully saturated rings. The van der Waals surface area contributed by atoms with Gasteiger partial charge in [-0.05, 0) is 18.4 Å². The molecule has 0 saturated heterocycles. The summed E-state index contributed by atoms with van der Waals surface area (Å²) in [5, 5.41) is 3.18. The Hall–Kier alpha value is -2.42. The Kier molecular flexibility index (Phi) is 2.88. The zero-order valence-corrected chi connectivity index (χ0v) is 10.6. The minimum absolute atomic E-state index is 0.353. The van der Waals surface area contributed by atoms with E-state index in [1.54, 1.807) is 13.0 Å². The molecule has 0 aliphatic rings. The molecule has 0 bridgehead atoms. The summed E-state index contributed by atoms with van der Waals surface area (Å²) in [5.41, 5.74) is 1.19. The molecule has 3 heteroatoms. The molecular formula is C16H13NO2. The summed E-state index contributed by atoms with van der Waals surface area (Å²) in [5.74, 6) is -0.377. The highest BCUT2D eigenvalue weighted by Crippen LogP contribution is 2.23. The maximum atomic E-state index is 11.7. The van der Waals surface area contributed by atoms with E-state index in [0.717, 1.165) is 21.7 Å². The minimum Gasteiger partial charge on any atom is -0.461 e. The second-order valence-electron chi connectivity index (χ2n) is 4.28. The molecule has 0 atom stereocenters. The zero-order valence-electron chi connectivity index (χ0n) is 10.6. The average Bonchev–Trinajstić information content (AvgIpc) is 2.47. The Morgan fingerprint density at radius 3 is 2.63 bits per heavy atom. The van der Waals surface area contributed by atoms with Gasteiger partial charge in [0, 0.05) is 10.8 Å². The maximum Gasteiger partial charge on any atom is 0.356 e. The molecule has 1 aromatic heterocycles. The highest BCUT2D eigenvalue weighted by Gasteiger charge is 2.10. The van der Waals surface area contributed by atoms with Crippen LogP contribution < -0.4 is 0 Å². The number of ether oxygens (including phenoxy) is 1. The van der Waals surface area contributed by atoms with Crippen LogP contribution in [-0.2, 0) is 4.74 Å². The predicted octanol–water partition coefficient (Wildman–Crippen LogP) is 3.56. The van der Waals surface area contributed by atoms with Crippen molar-refractivity contribution >= 4 is 27.6 Å². The van der Waals surface area contributed by atoms with Gasteiger partial charge < -0.3 is 4.74 Å². The zero-order chi connectivity index (χ0) is 13.2. The van der Waals surface area contributed by atoms with Crippen LogP contribution in [0.2, 0.25) is 0 Å². The molecule has 0 spiro atoms. The molecular weight excluding hydrogens is 238 g/mol. The number of rotatable bonds is 2. The Morgan fingerprint density at radius 1 is 1.05 bits per heavy atom. The van der Waals surface area contributed by atoms with Crippen LogP contribution in [0.4, 0.5) is 0 Å². The average molecular weight is 251 g/mol. The number of esters is 1. The van der Waals surface area contributed by atoms with Crippen molar-refractivity contribution in [3.63, 3.8) is 0 Å². The SMILES string of the molecule is CCOC(=O)c1ccc2ccc3ccccc3c2n1. The van der Waals surface area contributed by atoms with E-state index in [0.29, 0.717) is 12.3 Å². The Balaban J connectivity index is 2.25. The first-order chi connectivity index (χ1) is 9.29. The second-order valence-corrected chi connectivity index (χ2v) is 4.28. The highest BCUT2D eigenvalue weighted by molar-refractivity contribution is 6.06. The van der Waals surface area contributed by atoms with Crippen LogP contribution >= 0.6 is 0 Å². The van der Waals surface area contributed by atoms with E-state index in [4.69, 9.17) is 4.74 Å². The van der Waals surface area contributed by atoms with Gasteiger partial charge in [0.2, 0.25) is 0 Å². The van der Waals surface area contributed by atoms with E-state index in [1.165, 1.54) is 0 Å². The van der Waals surface area contributed by atoms with Crippen molar-refractivity contribution in [1.82, 2.24) is 4.98 Å². The molecule has 3 aromatic rings. The van der Waals surface area contributed by atoms with Gasteiger partial charge in [-0.1, -0.05) is 42.5 Å². The Morgan fingerprint density at radius 2 is 1.79 bits per heavy atom. The number of hydrogen-bond acceptors (Lipinski definition) is 3. The van der Waals surface area contributed by atoms with E-state index in [-0.39, 0.29) is 5.97 Å². The molecule has 94 valence electrons. The quantitative estimate of drug-likeness (QED) is 0.516. The number of aromatic nitrogens is 1. The summed E-state index contributed by atoms with van der Waals surface area (Å²) in [7, 11) is 0.